The first-order valence-electron chi connectivity index (χ1n) is 8.84. The second kappa shape index (κ2) is 10.0. The van der Waals surface area contributed by atoms with Crippen molar-refractivity contribution in [3.63, 3.8) is 0 Å². The smallest absolute Gasteiger partial charge is 0.347 e. The number of nitriles is 1. The van der Waals surface area contributed by atoms with Crippen LogP contribution < -0.4 is 9.47 Å². The minimum absolute atomic E-state index is 0.136. The van der Waals surface area contributed by atoms with Crippen molar-refractivity contribution < 1.29 is 28.2 Å². The van der Waals surface area contributed by atoms with Crippen LogP contribution in [0.4, 0.5) is 4.39 Å². The summed E-state index contributed by atoms with van der Waals surface area (Å²) in [7, 11) is 0. The zero-order valence-corrected chi connectivity index (χ0v) is 15.9. The fourth-order valence-corrected chi connectivity index (χ4v) is 2.43. The van der Waals surface area contributed by atoms with Crippen LogP contribution in [0.25, 0.3) is 0 Å². The summed E-state index contributed by atoms with van der Waals surface area (Å²) in [5.74, 6) is -2.01. The maximum Gasteiger partial charge on any atom is 0.347 e. The number of esters is 2. The van der Waals surface area contributed by atoms with E-state index in [9.17, 15) is 19.2 Å². The SMILES string of the molecule is C=CC(=O)OC(C)(C#N)CCCOc1ccccc1C(=O)Oc1ccccc1F. The highest BCUT2D eigenvalue weighted by atomic mass is 19.1. The zero-order chi connectivity index (χ0) is 21.3. The van der Waals surface area contributed by atoms with E-state index in [4.69, 9.17) is 14.2 Å². The Morgan fingerprint density at radius 1 is 1.17 bits per heavy atom. The molecule has 0 N–H and O–H groups in total. The molecule has 0 bridgehead atoms. The molecule has 0 heterocycles. The third-order valence-corrected chi connectivity index (χ3v) is 3.93. The minimum atomic E-state index is -1.31. The molecule has 6 nitrogen and oxygen atoms in total. The summed E-state index contributed by atoms with van der Waals surface area (Å²) in [6.45, 7) is 4.95. The predicted molar refractivity (Wildman–Crippen MR) is 103 cm³/mol. The van der Waals surface area contributed by atoms with Gasteiger partial charge in [0.1, 0.15) is 17.4 Å². The molecule has 2 aromatic carbocycles. The molecule has 7 heteroatoms. The molecule has 0 aliphatic heterocycles. The highest BCUT2D eigenvalue weighted by molar-refractivity contribution is 5.94. The molecule has 0 spiro atoms. The van der Waals surface area contributed by atoms with Crippen molar-refractivity contribution in [1.82, 2.24) is 0 Å². The van der Waals surface area contributed by atoms with Crippen LogP contribution in [-0.2, 0) is 9.53 Å². The van der Waals surface area contributed by atoms with Gasteiger partial charge in [-0.05, 0) is 37.6 Å². The van der Waals surface area contributed by atoms with Crippen LogP contribution in [0.3, 0.4) is 0 Å². The molecule has 0 amide bonds. The van der Waals surface area contributed by atoms with Crippen molar-refractivity contribution in [3.8, 4) is 17.6 Å². The third kappa shape index (κ3) is 6.18. The molecule has 0 aromatic heterocycles. The van der Waals surface area contributed by atoms with E-state index in [0.29, 0.717) is 6.42 Å². The molecule has 1 unspecified atom stereocenters. The maximum absolute atomic E-state index is 13.7. The number of rotatable bonds is 9. The molecule has 29 heavy (non-hydrogen) atoms. The van der Waals surface area contributed by atoms with Crippen LogP contribution in [0.2, 0.25) is 0 Å². The monoisotopic (exact) mass is 397 g/mol. The van der Waals surface area contributed by atoms with Gasteiger partial charge in [-0.3, -0.25) is 0 Å². The molecular formula is C22H20FNO5. The van der Waals surface area contributed by atoms with Gasteiger partial charge in [0, 0.05) is 12.5 Å². The fraction of sp³-hybridized carbons (Fsp3) is 0.227. The maximum atomic E-state index is 13.7. The van der Waals surface area contributed by atoms with Crippen molar-refractivity contribution in [2.75, 3.05) is 6.61 Å². The molecule has 0 saturated carbocycles. The first-order chi connectivity index (χ1) is 13.9. The number of nitrogens with zero attached hydrogens (tertiary/aromatic N) is 1. The van der Waals surface area contributed by atoms with Gasteiger partial charge in [0.25, 0.3) is 0 Å². The molecule has 0 aliphatic rings. The summed E-state index contributed by atoms with van der Waals surface area (Å²) in [5.41, 5.74) is -1.17. The van der Waals surface area contributed by atoms with Gasteiger partial charge in [0.15, 0.2) is 17.2 Å². The second-order valence-electron chi connectivity index (χ2n) is 6.24. The summed E-state index contributed by atoms with van der Waals surface area (Å²) in [6, 6.07) is 13.9. The van der Waals surface area contributed by atoms with Crippen LogP contribution in [0.5, 0.6) is 11.5 Å². The van der Waals surface area contributed by atoms with E-state index in [1.54, 1.807) is 24.3 Å². The quantitative estimate of drug-likeness (QED) is 0.273. The third-order valence-electron chi connectivity index (χ3n) is 3.93. The number of ether oxygens (including phenoxy) is 3. The molecular weight excluding hydrogens is 377 g/mol. The molecule has 0 fully saturated rings. The van der Waals surface area contributed by atoms with E-state index < -0.39 is 23.4 Å². The lowest BCUT2D eigenvalue weighted by Gasteiger charge is -2.21. The van der Waals surface area contributed by atoms with Gasteiger partial charge in [0.05, 0.1) is 6.61 Å². The Hall–Kier alpha value is -3.66. The number of hydrogen-bond donors (Lipinski definition) is 0. The summed E-state index contributed by atoms with van der Waals surface area (Å²) in [6.07, 6.45) is 1.60. The average molecular weight is 397 g/mol. The summed E-state index contributed by atoms with van der Waals surface area (Å²) in [4.78, 5) is 23.7. The van der Waals surface area contributed by atoms with Crippen LogP contribution in [0, 0.1) is 17.1 Å². The number of carbonyl (C=O) groups excluding carboxylic acids is 2. The van der Waals surface area contributed by atoms with Crippen molar-refractivity contribution in [2.45, 2.75) is 25.4 Å². The van der Waals surface area contributed by atoms with Crippen molar-refractivity contribution in [1.29, 1.82) is 5.26 Å². The molecule has 2 aromatic rings. The van der Waals surface area contributed by atoms with Crippen molar-refractivity contribution >= 4 is 11.9 Å². The van der Waals surface area contributed by atoms with E-state index >= 15 is 0 Å². The second-order valence-corrected chi connectivity index (χ2v) is 6.24. The first kappa shape index (κ1) is 21.6. The van der Waals surface area contributed by atoms with Gasteiger partial charge in [-0.1, -0.05) is 30.8 Å². The van der Waals surface area contributed by atoms with Crippen LogP contribution in [-0.4, -0.2) is 24.1 Å². The number of hydrogen-bond acceptors (Lipinski definition) is 6. The molecule has 0 aliphatic carbocycles. The van der Waals surface area contributed by atoms with Crippen molar-refractivity contribution in [2.24, 2.45) is 0 Å². The molecule has 1 atom stereocenters. The van der Waals surface area contributed by atoms with Gasteiger partial charge in [0.2, 0.25) is 0 Å². The predicted octanol–water partition coefficient (Wildman–Crippen LogP) is 4.22. The zero-order valence-electron chi connectivity index (χ0n) is 15.9. The van der Waals surface area contributed by atoms with Crippen LogP contribution in [0.15, 0.2) is 61.2 Å². The van der Waals surface area contributed by atoms with E-state index in [1.807, 2.05) is 6.07 Å². The lowest BCUT2D eigenvalue weighted by molar-refractivity contribution is -0.147. The molecule has 0 saturated heterocycles. The Labute approximate surface area is 168 Å². The minimum Gasteiger partial charge on any atom is -0.493 e. The number of benzene rings is 2. The Bertz CT molecular complexity index is 937. The topological polar surface area (TPSA) is 85.6 Å². The Balaban J connectivity index is 1.98. The number of carbonyl (C=O) groups is 2. The Morgan fingerprint density at radius 3 is 2.48 bits per heavy atom. The van der Waals surface area contributed by atoms with Gasteiger partial charge in [-0.15, -0.1) is 0 Å². The van der Waals surface area contributed by atoms with Gasteiger partial charge < -0.3 is 14.2 Å². The lowest BCUT2D eigenvalue weighted by atomic mass is 10.0. The molecule has 150 valence electrons. The number of para-hydroxylation sites is 2. The van der Waals surface area contributed by atoms with Gasteiger partial charge >= 0.3 is 11.9 Å². The fourth-order valence-electron chi connectivity index (χ4n) is 2.43. The van der Waals surface area contributed by atoms with Crippen LogP contribution in [0.1, 0.15) is 30.1 Å². The first-order valence-corrected chi connectivity index (χ1v) is 8.84. The summed E-state index contributed by atoms with van der Waals surface area (Å²) < 4.78 is 29.5. The van der Waals surface area contributed by atoms with E-state index in [1.165, 1.54) is 31.2 Å². The van der Waals surface area contributed by atoms with Crippen molar-refractivity contribution in [3.05, 3.63) is 72.6 Å². The Morgan fingerprint density at radius 2 is 1.83 bits per heavy atom. The van der Waals surface area contributed by atoms with Gasteiger partial charge in [-0.2, -0.15) is 5.26 Å². The largest absolute Gasteiger partial charge is 0.493 e. The average Bonchev–Trinajstić information content (AvgIpc) is 2.73. The molecule has 0 radical (unpaired) electrons. The normalized spacial score (nSPS) is 12.2. The summed E-state index contributed by atoms with van der Waals surface area (Å²) >= 11 is 0. The van der Waals surface area contributed by atoms with Gasteiger partial charge in [-0.25, -0.2) is 14.0 Å². The standard InChI is InChI=1S/C22H20FNO5/c1-3-20(25)29-22(2,15-24)13-8-14-27-18-11-6-4-9-16(18)21(26)28-19-12-7-5-10-17(19)23/h3-7,9-12H,1,8,13-14H2,2H3. The highest BCUT2D eigenvalue weighted by Crippen LogP contribution is 2.23. The van der Waals surface area contributed by atoms with E-state index in [0.717, 1.165) is 6.08 Å². The molecule has 2 rings (SSSR count). The lowest BCUT2D eigenvalue weighted by Crippen LogP contribution is -2.29. The highest BCUT2D eigenvalue weighted by Gasteiger charge is 2.27. The Kier molecular flexibility index (Phi) is 7.49. The number of halogens is 1. The van der Waals surface area contributed by atoms with Crippen LogP contribution >= 0.6 is 0 Å². The van der Waals surface area contributed by atoms with E-state index in [-0.39, 0.29) is 30.1 Å². The van der Waals surface area contributed by atoms with E-state index in [2.05, 4.69) is 6.58 Å². The summed E-state index contributed by atoms with van der Waals surface area (Å²) in [5, 5.41) is 9.23.